The highest BCUT2D eigenvalue weighted by Crippen LogP contribution is 2.17. The van der Waals surface area contributed by atoms with Crippen LogP contribution in [0.5, 0.6) is 0 Å². The van der Waals surface area contributed by atoms with Crippen molar-refractivity contribution in [2.75, 3.05) is 18.8 Å². The SMILES string of the molecule is Cc1ccc(C[S@@](=O)CC(=O)N2CCC[C@@H](C(N)=O)C2)cc1C. The molecule has 1 saturated heterocycles. The first-order chi connectivity index (χ1) is 10.9. The third-order valence-corrected chi connectivity index (χ3v) is 5.58. The fraction of sp³-hybridized carbons (Fsp3) is 0.529. The normalized spacial score (nSPS) is 19.4. The Hall–Kier alpha value is -1.69. The zero-order valence-electron chi connectivity index (χ0n) is 13.7. The molecule has 1 heterocycles. The van der Waals surface area contributed by atoms with E-state index in [2.05, 4.69) is 0 Å². The lowest BCUT2D eigenvalue weighted by Gasteiger charge is -2.31. The van der Waals surface area contributed by atoms with Gasteiger partial charge in [0.1, 0.15) is 5.75 Å². The average Bonchev–Trinajstić information content (AvgIpc) is 2.51. The van der Waals surface area contributed by atoms with Gasteiger partial charge in [-0.2, -0.15) is 0 Å². The molecule has 0 aliphatic carbocycles. The van der Waals surface area contributed by atoms with Gasteiger partial charge in [0.05, 0.1) is 5.92 Å². The summed E-state index contributed by atoms with van der Waals surface area (Å²) < 4.78 is 12.2. The van der Waals surface area contributed by atoms with Crippen molar-refractivity contribution in [2.45, 2.75) is 32.4 Å². The average molecular weight is 336 g/mol. The molecule has 5 nitrogen and oxygen atoms in total. The largest absolute Gasteiger partial charge is 0.369 e. The summed E-state index contributed by atoms with van der Waals surface area (Å²) in [5.41, 5.74) is 8.66. The molecule has 6 heteroatoms. The van der Waals surface area contributed by atoms with E-state index in [0.717, 1.165) is 24.0 Å². The van der Waals surface area contributed by atoms with Crippen LogP contribution in [0.1, 0.15) is 29.5 Å². The van der Waals surface area contributed by atoms with E-state index in [1.165, 1.54) is 5.56 Å². The van der Waals surface area contributed by atoms with Crippen LogP contribution in [-0.2, 0) is 26.1 Å². The van der Waals surface area contributed by atoms with Gasteiger partial charge in [-0.1, -0.05) is 18.2 Å². The number of piperidine rings is 1. The van der Waals surface area contributed by atoms with Crippen LogP contribution in [0, 0.1) is 19.8 Å². The van der Waals surface area contributed by atoms with Crippen molar-refractivity contribution in [2.24, 2.45) is 11.7 Å². The molecule has 0 bridgehead atoms. The molecule has 0 aromatic heterocycles. The minimum atomic E-state index is -1.25. The lowest BCUT2D eigenvalue weighted by molar-refractivity contribution is -0.132. The van der Waals surface area contributed by atoms with Crippen molar-refractivity contribution >= 4 is 22.6 Å². The van der Waals surface area contributed by atoms with Crippen molar-refractivity contribution in [3.05, 3.63) is 34.9 Å². The lowest BCUT2D eigenvalue weighted by atomic mass is 9.97. The summed E-state index contributed by atoms with van der Waals surface area (Å²) in [7, 11) is -1.25. The van der Waals surface area contributed by atoms with Crippen LogP contribution < -0.4 is 5.73 Å². The molecule has 0 radical (unpaired) electrons. The molecule has 0 spiro atoms. The zero-order valence-corrected chi connectivity index (χ0v) is 14.5. The maximum absolute atomic E-state index is 12.3. The lowest BCUT2D eigenvalue weighted by Crippen LogP contribution is -2.45. The summed E-state index contributed by atoms with van der Waals surface area (Å²) in [6, 6.07) is 5.97. The Morgan fingerprint density at radius 1 is 1.30 bits per heavy atom. The number of primary amides is 1. The van der Waals surface area contributed by atoms with Crippen LogP contribution in [0.25, 0.3) is 0 Å². The number of hydrogen-bond donors (Lipinski definition) is 1. The monoisotopic (exact) mass is 336 g/mol. The zero-order chi connectivity index (χ0) is 17.0. The molecular weight excluding hydrogens is 312 g/mol. The Morgan fingerprint density at radius 3 is 2.70 bits per heavy atom. The second-order valence-corrected chi connectivity index (χ2v) is 7.69. The summed E-state index contributed by atoms with van der Waals surface area (Å²) in [6.45, 7) is 5.02. The van der Waals surface area contributed by atoms with Gasteiger partial charge in [0, 0.05) is 29.6 Å². The predicted octanol–water partition coefficient (Wildman–Crippen LogP) is 1.28. The van der Waals surface area contributed by atoms with Crippen LogP contribution in [0.15, 0.2) is 18.2 Å². The minimum absolute atomic E-state index is 0.00158. The van der Waals surface area contributed by atoms with E-state index in [4.69, 9.17) is 5.73 Å². The van der Waals surface area contributed by atoms with Gasteiger partial charge in [-0.15, -0.1) is 0 Å². The number of nitrogens with two attached hydrogens (primary N) is 1. The van der Waals surface area contributed by atoms with Crippen molar-refractivity contribution in [1.29, 1.82) is 0 Å². The highest BCUT2D eigenvalue weighted by molar-refractivity contribution is 7.84. The molecule has 1 aliphatic heterocycles. The number of hydrogen-bond acceptors (Lipinski definition) is 3. The Morgan fingerprint density at radius 2 is 2.04 bits per heavy atom. The Balaban J connectivity index is 1.90. The van der Waals surface area contributed by atoms with E-state index >= 15 is 0 Å². The maximum atomic E-state index is 12.3. The summed E-state index contributed by atoms with van der Waals surface area (Å²) in [5.74, 6) is -0.420. The number of benzene rings is 1. The van der Waals surface area contributed by atoms with Crippen molar-refractivity contribution in [3.63, 3.8) is 0 Å². The van der Waals surface area contributed by atoms with E-state index in [1.807, 2.05) is 32.0 Å². The molecule has 1 aromatic rings. The van der Waals surface area contributed by atoms with Gasteiger partial charge in [-0.25, -0.2) is 0 Å². The Kier molecular flexibility index (Phi) is 5.93. The number of nitrogens with zero attached hydrogens (tertiary/aromatic N) is 1. The highest BCUT2D eigenvalue weighted by Gasteiger charge is 2.27. The van der Waals surface area contributed by atoms with Crippen LogP contribution in [0.2, 0.25) is 0 Å². The quantitative estimate of drug-likeness (QED) is 0.879. The Labute approximate surface area is 139 Å². The maximum Gasteiger partial charge on any atom is 0.235 e. The first-order valence-electron chi connectivity index (χ1n) is 7.85. The molecule has 1 aliphatic rings. The number of likely N-dealkylation sites (tertiary alicyclic amines) is 1. The smallest absolute Gasteiger partial charge is 0.235 e. The van der Waals surface area contributed by atoms with Gasteiger partial charge in [0.15, 0.2) is 0 Å². The second-order valence-electron chi connectivity index (χ2n) is 6.23. The summed E-state index contributed by atoms with van der Waals surface area (Å²) in [6.07, 6.45) is 1.49. The second kappa shape index (κ2) is 7.73. The Bertz CT molecular complexity index is 630. The van der Waals surface area contributed by atoms with E-state index < -0.39 is 10.8 Å². The van der Waals surface area contributed by atoms with Crippen molar-refractivity contribution in [3.8, 4) is 0 Å². The number of carbonyl (C=O) groups excluding carboxylic acids is 2. The molecule has 23 heavy (non-hydrogen) atoms. The molecular formula is C17H24N2O3S. The van der Waals surface area contributed by atoms with Gasteiger partial charge in [0.2, 0.25) is 11.8 Å². The summed E-state index contributed by atoms with van der Waals surface area (Å²) >= 11 is 0. The van der Waals surface area contributed by atoms with Crippen LogP contribution in [0.4, 0.5) is 0 Å². The molecule has 2 amide bonds. The molecule has 126 valence electrons. The van der Waals surface area contributed by atoms with Gasteiger partial charge >= 0.3 is 0 Å². The molecule has 2 atom stereocenters. The van der Waals surface area contributed by atoms with E-state index in [-0.39, 0.29) is 23.5 Å². The standard InChI is InChI=1S/C17H24N2O3S/c1-12-5-6-14(8-13(12)2)10-23(22)11-16(20)19-7-3-4-15(9-19)17(18)21/h5-6,8,15H,3-4,7,9-11H2,1-2H3,(H2,18,21)/t15-,23-/m1/s1. The van der Waals surface area contributed by atoms with Crippen LogP contribution >= 0.6 is 0 Å². The first kappa shape index (κ1) is 17.7. The van der Waals surface area contributed by atoms with Crippen LogP contribution in [0.3, 0.4) is 0 Å². The van der Waals surface area contributed by atoms with Gasteiger partial charge in [-0.3, -0.25) is 13.8 Å². The number of amides is 2. The number of carbonyl (C=O) groups is 2. The van der Waals surface area contributed by atoms with Crippen molar-refractivity contribution in [1.82, 2.24) is 4.90 Å². The topological polar surface area (TPSA) is 80.5 Å². The molecule has 1 fully saturated rings. The van der Waals surface area contributed by atoms with E-state index in [9.17, 15) is 13.8 Å². The number of aryl methyl sites for hydroxylation is 2. The van der Waals surface area contributed by atoms with Gasteiger partial charge in [-0.05, 0) is 43.4 Å². The molecule has 0 unspecified atom stereocenters. The van der Waals surface area contributed by atoms with E-state index in [0.29, 0.717) is 18.8 Å². The van der Waals surface area contributed by atoms with Gasteiger partial charge in [0.25, 0.3) is 0 Å². The fourth-order valence-corrected chi connectivity index (χ4v) is 3.91. The van der Waals surface area contributed by atoms with Crippen LogP contribution in [-0.4, -0.2) is 39.8 Å². The third kappa shape index (κ3) is 4.89. The van der Waals surface area contributed by atoms with Gasteiger partial charge < -0.3 is 10.6 Å². The molecule has 0 saturated carbocycles. The third-order valence-electron chi connectivity index (χ3n) is 4.36. The molecule has 2 rings (SSSR count). The number of rotatable bonds is 5. The molecule has 1 aromatic carbocycles. The van der Waals surface area contributed by atoms with Crippen molar-refractivity contribution < 1.29 is 13.8 Å². The fourth-order valence-electron chi connectivity index (χ4n) is 2.80. The highest BCUT2D eigenvalue weighted by atomic mass is 32.2. The molecule has 2 N–H and O–H groups in total. The summed E-state index contributed by atoms with van der Waals surface area (Å²) in [4.78, 5) is 25.2. The van der Waals surface area contributed by atoms with E-state index in [1.54, 1.807) is 4.90 Å². The summed E-state index contributed by atoms with van der Waals surface area (Å²) in [5, 5.41) is 0. The first-order valence-corrected chi connectivity index (χ1v) is 9.34. The predicted molar refractivity (Wildman–Crippen MR) is 91.1 cm³/mol. The minimum Gasteiger partial charge on any atom is -0.369 e.